The van der Waals surface area contributed by atoms with Gasteiger partial charge in [0.15, 0.2) is 0 Å². The number of rotatable bonds is 3. The average Bonchev–Trinajstić information content (AvgIpc) is 2.53. The van der Waals surface area contributed by atoms with E-state index in [0.29, 0.717) is 11.6 Å². The number of phenolic OH excluding ortho intramolecular Hbond substituents is 1. The summed E-state index contributed by atoms with van der Waals surface area (Å²) in [6.07, 6.45) is 5.80. The smallest absolute Gasteiger partial charge is 0.140 e. The summed E-state index contributed by atoms with van der Waals surface area (Å²) in [4.78, 5) is 4.48. The first-order chi connectivity index (χ1) is 10.7. The maximum Gasteiger partial charge on any atom is 0.140 e. The zero-order chi connectivity index (χ0) is 15.4. The largest absolute Gasteiger partial charge is 0.506 e. The molecule has 4 heteroatoms. The van der Waals surface area contributed by atoms with Gasteiger partial charge in [0.1, 0.15) is 11.6 Å². The van der Waals surface area contributed by atoms with Crippen molar-refractivity contribution in [2.45, 2.75) is 12.8 Å². The lowest BCUT2D eigenvalue weighted by atomic mass is 9.93. The molecular formula is C18H17IN2O. The van der Waals surface area contributed by atoms with Crippen LogP contribution in [0.25, 0.3) is 0 Å². The maximum atomic E-state index is 10.1. The number of hydrogen-bond donors (Lipinski definition) is 2. The minimum absolute atomic E-state index is 0.252. The summed E-state index contributed by atoms with van der Waals surface area (Å²) in [6.45, 7) is 0. The van der Waals surface area contributed by atoms with Crippen LogP contribution in [0, 0.1) is 9.49 Å². The highest BCUT2D eigenvalue weighted by Crippen LogP contribution is 2.27. The molecule has 2 aromatic rings. The fourth-order valence-electron chi connectivity index (χ4n) is 2.54. The van der Waals surface area contributed by atoms with E-state index in [1.165, 1.54) is 5.56 Å². The molecule has 2 N–H and O–H groups in total. The third kappa shape index (κ3) is 3.68. The van der Waals surface area contributed by atoms with Crippen LogP contribution in [0.15, 0.2) is 65.8 Å². The Bertz CT molecular complexity index is 710. The Kier molecular flexibility index (Phi) is 4.77. The number of aromatic hydroxyl groups is 1. The Hall–Kier alpha value is -1.82. The molecule has 2 aromatic carbocycles. The van der Waals surface area contributed by atoms with Crippen molar-refractivity contribution in [2.75, 3.05) is 5.32 Å². The molecular weight excluding hydrogens is 387 g/mol. The fraction of sp³-hybridized carbons (Fsp3) is 0.167. The molecule has 112 valence electrons. The Morgan fingerprint density at radius 1 is 1.18 bits per heavy atom. The number of nitrogens with one attached hydrogen (secondary N) is 1. The third-order valence-electron chi connectivity index (χ3n) is 3.67. The van der Waals surface area contributed by atoms with Crippen LogP contribution in [0.1, 0.15) is 12.0 Å². The molecule has 0 aliphatic carbocycles. The van der Waals surface area contributed by atoms with Gasteiger partial charge in [0.05, 0.1) is 5.69 Å². The van der Waals surface area contributed by atoms with E-state index in [1.807, 2.05) is 24.4 Å². The van der Waals surface area contributed by atoms with Crippen LogP contribution in [0.5, 0.6) is 5.75 Å². The molecule has 1 atom stereocenters. The second kappa shape index (κ2) is 6.96. The molecule has 0 saturated heterocycles. The van der Waals surface area contributed by atoms with Gasteiger partial charge < -0.3 is 10.4 Å². The Balaban J connectivity index is 1.78. The summed E-state index contributed by atoms with van der Waals surface area (Å²) in [7, 11) is 0. The van der Waals surface area contributed by atoms with E-state index >= 15 is 0 Å². The number of phenols is 1. The summed E-state index contributed by atoms with van der Waals surface area (Å²) in [5, 5.41) is 13.3. The average molecular weight is 404 g/mol. The van der Waals surface area contributed by atoms with Gasteiger partial charge in [0, 0.05) is 15.7 Å². The van der Waals surface area contributed by atoms with E-state index in [9.17, 15) is 5.11 Å². The summed E-state index contributed by atoms with van der Waals surface area (Å²) >= 11 is 2.18. The van der Waals surface area contributed by atoms with Crippen LogP contribution < -0.4 is 5.32 Å². The number of benzene rings is 2. The van der Waals surface area contributed by atoms with E-state index in [-0.39, 0.29) is 5.75 Å². The van der Waals surface area contributed by atoms with Crippen LogP contribution in [-0.2, 0) is 6.42 Å². The lowest BCUT2D eigenvalue weighted by Gasteiger charge is -2.22. The van der Waals surface area contributed by atoms with Crippen molar-refractivity contribution in [1.29, 1.82) is 0 Å². The number of allylic oxidation sites excluding steroid dienone is 1. The first-order valence-corrected chi connectivity index (χ1v) is 8.32. The topological polar surface area (TPSA) is 44.6 Å². The number of amidine groups is 1. The molecule has 3 nitrogen and oxygen atoms in total. The van der Waals surface area contributed by atoms with Gasteiger partial charge in [-0.3, -0.25) is 0 Å². The number of anilines is 1. The second-order valence-corrected chi connectivity index (χ2v) is 6.55. The third-order valence-corrected chi connectivity index (χ3v) is 4.34. The van der Waals surface area contributed by atoms with Gasteiger partial charge in [0.25, 0.3) is 0 Å². The van der Waals surface area contributed by atoms with E-state index < -0.39 is 0 Å². The van der Waals surface area contributed by atoms with E-state index in [0.717, 1.165) is 22.2 Å². The van der Waals surface area contributed by atoms with Crippen molar-refractivity contribution >= 4 is 34.1 Å². The molecule has 1 aliphatic rings. The van der Waals surface area contributed by atoms with Crippen molar-refractivity contribution in [3.63, 3.8) is 0 Å². The lowest BCUT2D eigenvalue weighted by Crippen LogP contribution is -2.26. The number of halogens is 1. The highest BCUT2D eigenvalue weighted by Gasteiger charge is 2.19. The molecule has 0 aromatic heterocycles. The zero-order valence-electron chi connectivity index (χ0n) is 12.0. The molecule has 1 aliphatic heterocycles. The number of nitrogens with zero attached hydrogens (tertiary/aromatic N) is 1. The Labute approximate surface area is 143 Å². The lowest BCUT2D eigenvalue weighted by molar-refractivity contribution is 0.477. The first kappa shape index (κ1) is 15.1. The highest BCUT2D eigenvalue weighted by molar-refractivity contribution is 14.1. The summed E-state index contributed by atoms with van der Waals surface area (Å²) in [5.41, 5.74) is 2.00. The zero-order valence-corrected chi connectivity index (χ0v) is 14.2. The van der Waals surface area contributed by atoms with Crippen molar-refractivity contribution < 1.29 is 5.11 Å². The Morgan fingerprint density at radius 2 is 2.00 bits per heavy atom. The van der Waals surface area contributed by atoms with Gasteiger partial charge >= 0.3 is 0 Å². The fourth-order valence-corrected chi connectivity index (χ4v) is 3.01. The molecule has 22 heavy (non-hydrogen) atoms. The second-order valence-electron chi connectivity index (χ2n) is 5.31. The SMILES string of the molecule is Oc1cc(I)ccc1NC1=NC=CCC1Cc1ccccc1. The van der Waals surface area contributed by atoms with Crippen LogP contribution in [0.2, 0.25) is 0 Å². The van der Waals surface area contributed by atoms with Crippen molar-refractivity contribution in [3.05, 3.63) is 69.9 Å². The van der Waals surface area contributed by atoms with Gasteiger partial charge in [0.2, 0.25) is 0 Å². The summed E-state index contributed by atoms with van der Waals surface area (Å²) in [6, 6.07) is 16.0. The summed E-state index contributed by atoms with van der Waals surface area (Å²) in [5.74, 6) is 1.46. The van der Waals surface area contributed by atoms with Gasteiger partial charge in [-0.15, -0.1) is 0 Å². The number of hydrogen-bond acceptors (Lipinski definition) is 3. The molecule has 3 rings (SSSR count). The van der Waals surface area contributed by atoms with Crippen LogP contribution >= 0.6 is 22.6 Å². The minimum atomic E-state index is 0.252. The van der Waals surface area contributed by atoms with Crippen LogP contribution in [0.4, 0.5) is 5.69 Å². The molecule has 0 fully saturated rings. The highest BCUT2D eigenvalue weighted by atomic mass is 127. The van der Waals surface area contributed by atoms with Crippen molar-refractivity contribution in [3.8, 4) is 5.75 Å². The maximum absolute atomic E-state index is 10.1. The van der Waals surface area contributed by atoms with Crippen LogP contribution in [0.3, 0.4) is 0 Å². The quantitative estimate of drug-likeness (QED) is 0.581. The summed E-state index contributed by atoms with van der Waals surface area (Å²) < 4.78 is 1.01. The molecule has 0 radical (unpaired) electrons. The normalized spacial score (nSPS) is 17.1. The number of aliphatic imine (C=N–C) groups is 1. The molecule has 0 saturated carbocycles. The molecule has 0 amide bonds. The van der Waals surface area contributed by atoms with Gasteiger partial charge in [-0.05, 0) is 59.2 Å². The van der Waals surface area contributed by atoms with Gasteiger partial charge in [-0.2, -0.15) is 0 Å². The molecule has 0 bridgehead atoms. The van der Waals surface area contributed by atoms with Gasteiger partial charge in [-0.1, -0.05) is 36.4 Å². The predicted molar refractivity (Wildman–Crippen MR) is 99.3 cm³/mol. The van der Waals surface area contributed by atoms with E-state index in [1.54, 1.807) is 6.07 Å². The monoisotopic (exact) mass is 404 g/mol. The van der Waals surface area contributed by atoms with Crippen molar-refractivity contribution in [1.82, 2.24) is 0 Å². The molecule has 1 heterocycles. The molecule has 0 spiro atoms. The first-order valence-electron chi connectivity index (χ1n) is 7.24. The molecule has 1 unspecified atom stereocenters. The van der Waals surface area contributed by atoms with Gasteiger partial charge in [-0.25, -0.2) is 4.99 Å². The van der Waals surface area contributed by atoms with Crippen LogP contribution in [-0.4, -0.2) is 10.9 Å². The Morgan fingerprint density at radius 3 is 2.77 bits per heavy atom. The van der Waals surface area contributed by atoms with E-state index in [2.05, 4.69) is 63.2 Å². The minimum Gasteiger partial charge on any atom is -0.506 e. The van der Waals surface area contributed by atoms with Crippen molar-refractivity contribution in [2.24, 2.45) is 10.9 Å². The standard InChI is InChI=1S/C18H17IN2O/c19-15-8-9-16(17(22)12-15)21-18-14(7-4-10-20-18)11-13-5-2-1-3-6-13/h1-6,8-10,12,14,22H,7,11H2,(H,20,21). The van der Waals surface area contributed by atoms with E-state index in [4.69, 9.17) is 0 Å². The predicted octanol–water partition coefficient (Wildman–Crippen LogP) is 4.58.